The number of hydrogen-bond acceptors (Lipinski definition) is 6. The fourth-order valence-electron chi connectivity index (χ4n) is 1.82. The van der Waals surface area contributed by atoms with Crippen molar-refractivity contribution in [1.82, 2.24) is 20.3 Å². The Morgan fingerprint density at radius 2 is 1.94 bits per heavy atom. The average molecular weight is 252 g/mol. The zero-order chi connectivity index (χ0) is 13.0. The summed E-state index contributed by atoms with van der Waals surface area (Å²) in [7, 11) is 0. The van der Waals surface area contributed by atoms with Crippen LogP contribution in [0.2, 0.25) is 0 Å². The molecule has 2 rings (SSSR count). The van der Waals surface area contributed by atoms with E-state index < -0.39 is 12.1 Å². The smallest absolute Gasteiger partial charge is 0.105 e. The molecule has 7 heteroatoms. The van der Waals surface area contributed by atoms with E-state index in [4.69, 9.17) is 10.2 Å². The molecule has 18 heavy (non-hydrogen) atoms. The highest BCUT2D eigenvalue weighted by Gasteiger charge is 2.22. The van der Waals surface area contributed by atoms with Crippen LogP contribution in [0, 0.1) is 0 Å². The van der Waals surface area contributed by atoms with Crippen molar-refractivity contribution in [3.63, 3.8) is 0 Å². The van der Waals surface area contributed by atoms with Gasteiger partial charge in [0.2, 0.25) is 0 Å². The van der Waals surface area contributed by atoms with E-state index in [-0.39, 0.29) is 19.8 Å². The summed E-state index contributed by atoms with van der Waals surface area (Å²) in [5.74, 6) is 0. The topological polar surface area (TPSA) is 114 Å². The first-order valence-electron chi connectivity index (χ1n) is 5.66. The molecule has 0 saturated heterocycles. The lowest BCUT2D eigenvalue weighted by molar-refractivity contribution is 0.145. The fraction of sp³-hybridized carbons (Fsp3) is 0.455. The molecule has 98 valence electrons. The molecule has 0 aromatic rings. The lowest BCUT2D eigenvalue weighted by Gasteiger charge is -2.21. The molecule has 0 saturated carbocycles. The van der Waals surface area contributed by atoms with Gasteiger partial charge in [-0.1, -0.05) is 0 Å². The molecule has 0 amide bonds. The lowest BCUT2D eigenvalue weighted by atomic mass is 10.1. The third-order valence-corrected chi connectivity index (χ3v) is 2.78. The van der Waals surface area contributed by atoms with Gasteiger partial charge in [0, 0.05) is 18.0 Å². The van der Waals surface area contributed by atoms with Crippen LogP contribution in [0.3, 0.4) is 0 Å². The van der Waals surface area contributed by atoms with Gasteiger partial charge in [0.25, 0.3) is 0 Å². The maximum atomic E-state index is 9.41. The number of hydrogen-bond donors (Lipinski definition) is 5. The Balaban J connectivity index is 2.22. The van der Waals surface area contributed by atoms with Crippen molar-refractivity contribution in [2.24, 2.45) is 0 Å². The van der Waals surface area contributed by atoms with Crippen molar-refractivity contribution in [1.29, 1.82) is 0 Å². The van der Waals surface area contributed by atoms with Gasteiger partial charge >= 0.3 is 0 Å². The number of H-pyrrole nitrogens is 1. The van der Waals surface area contributed by atoms with Crippen LogP contribution < -0.4 is 5.32 Å². The minimum Gasteiger partial charge on any atom is -0.395 e. The zero-order valence-corrected chi connectivity index (χ0v) is 9.74. The summed E-state index contributed by atoms with van der Waals surface area (Å²) in [6.45, 7) is -0.585. The van der Waals surface area contributed by atoms with Gasteiger partial charge in [0.15, 0.2) is 0 Å². The molecule has 7 nitrogen and oxygen atoms in total. The van der Waals surface area contributed by atoms with E-state index in [9.17, 15) is 5.11 Å². The van der Waals surface area contributed by atoms with Crippen LogP contribution in [-0.2, 0) is 0 Å². The van der Waals surface area contributed by atoms with Gasteiger partial charge in [0.05, 0.1) is 43.9 Å². The molecule has 2 aliphatic rings. The third-order valence-electron chi connectivity index (χ3n) is 2.78. The van der Waals surface area contributed by atoms with Crippen LogP contribution in [0.5, 0.6) is 0 Å². The summed E-state index contributed by atoms with van der Waals surface area (Å²) in [6.07, 6.45) is 4.89. The van der Waals surface area contributed by atoms with Gasteiger partial charge in [-0.3, -0.25) is 4.98 Å². The molecule has 0 aliphatic carbocycles. The quantitative estimate of drug-likeness (QED) is 0.445. The van der Waals surface area contributed by atoms with Gasteiger partial charge in [-0.05, 0) is 0 Å². The Bertz CT molecular complexity index is 458. The second-order valence-electron chi connectivity index (χ2n) is 3.98. The first-order valence-corrected chi connectivity index (χ1v) is 5.66. The number of aliphatic hydroxyl groups excluding tert-OH is 3. The van der Waals surface area contributed by atoms with Crippen LogP contribution in [-0.4, -0.2) is 56.1 Å². The Morgan fingerprint density at radius 3 is 2.61 bits per heavy atom. The largest absolute Gasteiger partial charge is 0.395 e. The number of aromatic nitrogens is 3. The number of nitrogens with one attached hydrogen (secondary N) is 2. The minimum absolute atomic E-state index is 0.169. The Hall–Kier alpha value is -1.54. The van der Waals surface area contributed by atoms with Crippen LogP contribution in [0.15, 0.2) is 18.7 Å². The summed E-state index contributed by atoms with van der Waals surface area (Å²) < 4.78 is 0. The lowest BCUT2D eigenvalue weighted by Crippen LogP contribution is -2.39. The van der Waals surface area contributed by atoms with Crippen LogP contribution >= 0.6 is 0 Å². The molecular weight excluding hydrogens is 236 g/mol. The zero-order valence-electron chi connectivity index (χ0n) is 9.74. The molecule has 0 bridgehead atoms. The van der Waals surface area contributed by atoms with E-state index in [2.05, 4.69) is 20.3 Å². The molecule has 0 aromatic heterocycles. The Kier molecular flexibility index (Phi) is 4.21. The first-order chi connectivity index (χ1) is 8.80. The normalized spacial score (nSPS) is 13.3. The average Bonchev–Trinajstić information content (AvgIpc) is 2.84. The molecule has 0 aromatic carbocycles. The number of aliphatic hydroxyl groups is 3. The third kappa shape index (κ3) is 2.49. The predicted octanol–water partition coefficient (Wildman–Crippen LogP) is -1.11. The van der Waals surface area contributed by atoms with E-state index in [1.54, 1.807) is 12.4 Å². The Morgan fingerprint density at radius 1 is 1.17 bits per heavy atom. The molecule has 0 radical (unpaired) electrons. The number of aromatic amines is 1. The van der Waals surface area contributed by atoms with Gasteiger partial charge in [0.1, 0.15) is 5.69 Å². The van der Waals surface area contributed by atoms with Gasteiger partial charge < -0.3 is 25.6 Å². The van der Waals surface area contributed by atoms with Crippen molar-refractivity contribution < 1.29 is 15.3 Å². The van der Waals surface area contributed by atoms with Gasteiger partial charge in [-0.15, -0.1) is 0 Å². The summed E-state index contributed by atoms with van der Waals surface area (Å²) in [5.41, 5.74) is 2.14. The van der Waals surface area contributed by atoms with E-state index >= 15 is 0 Å². The highest BCUT2D eigenvalue weighted by Crippen LogP contribution is 2.26. The van der Waals surface area contributed by atoms with Crippen LogP contribution in [0.1, 0.15) is 11.6 Å². The number of nitrogens with zero attached hydrogens (tertiary/aromatic N) is 2. The van der Waals surface area contributed by atoms with Crippen molar-refractivity contribution in [3.8, 4) is 11.4 Å². The van der Waals surface area contributed by atoms with Crippen molar-refractivity contribution in [2.45, 2.75) is 12.1 Å². The molecule has 0 spiro atoms. The first kappa shape index (κ1) is 12.9. The second-order valence-corrected chi connectivity index (χ2v) is 3.98. The maximum absolute atomic E-state index is 9.41. The van der Waals surface area contributed by atoms with E-state index in [1.165, 1.54) is 6.33 Å². The Labute approximate surface area is 104 Å². The molecule has 2 aliphatic heterocycles. The highest BCUT2D eigenvalue weighted by atomic mass is 16.3. The van der Waals surface area contributed by atoms with Crippen molar-refractivity contribution in [2.75, 3.05) is 19.8 Å². The maximum Gasteiger partial charge on any atom is 0.105 e. The monoisotopic (exact) mass is 252 g/mol. The summed E-state index contributed by atoms with van der Waals surface area (Å²) in [4.78, 5) is 11.2. The summed E-state index contributed by atoms with van der Waals surface area (Å²) >= 11 is 0. The molecule has 2 heterocycles. The molecule has 1 atom stereocenters. The van der Waals surface area contributed by atoms with Crippen molar-refractivity contribution >= 4 is 0 Å². The highest BCUT2D eigenvalue weighted by molar-refractivity contribution is 5.60. The van der Waals surface area contributed by atoms with E-state index in [1.807, 2.05) is 0 Å². The van der Waals surface area contributed by atoms with Gasteiger partial charge in [-0.2, -0.15) is 0 Å². The SMILES string of the molecule is OCC(CO)NC(CO)c1cnc2c[nH]cnc1-2. The number of fused-ring (bicyclic) bond motifs is 1. The molecule has 0 fully saturated rings. The minimum atomic E-state index is -0.484. The van der Waals surface area contributed by atoms with E-state index in [0.29, 0.717) is 11.4 Å². The van der Waals surface area contributed by atoms with E-state index in [0.717, 1.165) is 5.56 Å². The summed E-state index contributed by atoms with van der Waals surface area (Å²) in [6, 6.07) is -0.906. The van der Waals surface area contributed by atoms with Crippen LogP contribution in [0.4, 0.5) is 0 Å². The molecular formula is C11H16N4O3. The summed E-state index contributed by atoms with van der Waals surface area (Å²) in [5, 5.41) is 30.4. The van der Waals surface area contributed by atoms with Gasteiger partial charge in [-0.25, -0.2) is 4.98 Å². The predicted molar refractivity (Wildman–Crippen MR) is 63.9 cm³/mol. The second kappa shape index (κ2) is 5.87. The number of rotatable bonds is 6. The molecule has 5 N–H and O–H groups in total. The fourth-order valence-corrected chi connectivity index (χ4v) is 1.82. The standard InChI is InChI=1S/C11H16N4O3/c16-3-7(4-17)15-10(5-18)8-1-13-9-2-12-6-14-11(8)9/h1-2,6-7,10,15-18H,3-5H2,(H,12,14). The van der Waals surface area contributed by atoms with Crippen LogP contribution in [0.25, 0.3) is 11.4 Å². The van der Waals surface area contributed by atoms with Crippen molar-refractivity contribution in [3.05, 3.63) is 24.3 Å². The molecule has 1 unspecified atom stereocenters.